The standard InChI is InChI=1S/C13H12ClFN2O/c1-8-13(12(18)7-14)16-9(2)17(8)11-5-3-4-10(15)6-11/h3-6H,7H2,1-2H3. The highest BCUT2D eigenvalue weighted by molar-refractivity contribution is 6.30. The molecule has 1 aromatic heterocycles. The molecule has 0 spiro atoms. The number of Topliss-reactive ketones (excluding diaryl/α,β-unsaturated/α-hetero) is 1. The molecule has 2 rings (SSSR count). The number of halogens is 2. The highest BCUT2D eigenvalue weighted by Gasteiger charge is 2.17. The monoisotopic (exact) mass is 266 g/mol. The Morgan fingerprint density at radius 2 is 2.17 bits per heavy atom. The van der Waals surface area contributed by atoms with Crippen molar-refractivity contribution in [3.63, 3.8) is 0 Å². The highest BCUT2D eigenvalue weighted by atomic mass is 35.5. The van der Waals surface area contributed by atoms with Crippen LogP contribution in [0, 0.1) is 19.7 Å². The smallest absolute Gasteiger partial charge is 0.197 e. The summed E-state index contributed by atoms with van der Waals surface area (Å²) in [7, 11) is 0. The first-order valence-corrected chi connectivity index (χ1v) is 5.99. The molecule has 0 aliphatic rings. The van der Waals surface area contributed by atoms with Crippen LogP contribution in [0.5, 0.6) is 0 Å². The van der Waals surface area contributed by atoms with E-state index in [9.17, 15) is 9.18 Å². The van der Waals surface area contributed by atoms with Crippen LogP contribution in [0.2, 0.25) is 0 Å². The number of ketones is 1. The number of hydrogen-bond acceptors (Lipinski definition) is 2. The van der Waals surface area contributed by atoms with Gasteiger partial charge in [-0.25, -0.2) is 9.37 Å². The summed E-state index contributed by atoms with van der Waals surface area (Å²) in [6.45, 7) is 3.54. The lowest BCUT2D eigenvalue weighted by atomic mass is 10.2. The Balaban J connectivity index is 2.59. The van der Waals surface area contributed by atoms with Crippen LogP contribution < -0.4 is 0 Å². The van der Waals surface area contributed by atoms with Crippen molar-refractivity contribution in [3.8, 4) is 5.69 Å². The van der Waals surface area contributed by atoms with E-state index in [1.807, 2.05) is 0 Å². The molecular weight excluding hydrogens is 255 g/mol. The first-order chi connectivity index (χ1) is 8.54. The van der Waals surface area contributed by atoms with Gasteiger partial charge in [-0.15, -0.1) is 11.6 Å². The van der Waals surface area contributed by atoms with Gasteiger partial charge in [0.2, 0.25) is 0 Å². The summed E-state index contributed by atoms with van der Waals surface area (Å²) in [6, 6.07) is 6.15. The van der Waals surface area contributed by atoms with Crippen LogP contribution in [0.4, 0.5) is 4.39 Å². The molecule has 3 nitrogen and oxygen atoms in total. The summed E-state index contributed by atoms with van der Waals surface area (Å²) in [5, 5.41) is 0. The summed E-state index contributed by atoms with van der Waals surface area (Å²) in [4.78, 5) is 15.8. The van der Waals surface area contributed by atoms with Gasteiger partial charge in [-0.1, -0.05) is 6.07 Å². The molecule has 0 aliphatic carbocycles. The molecule has 5 heteroatoms. The zero-order valence-corrected chi connectivity index (χ0v) is 10.8. The van der Waals surface area contributed by atoms with Crippen molar-refractivity contribution >= 4 is 17.4 Å². The van der Waals surface area contributed by atoms with Gasteiger partial charge in [0.1, 0.15) is 17.3 Å². The van der Waals surface area contributed by atoms with E-state index in [4.69, 9.17) is 11.6 Å². The van der Waals surface area contributed by atoms with Crippen LogP contribution in [0.15, 0.2) is 24.3 Å². The van der Waals surface area contributed by atoms with Crippen molar-refractivity contribution in [2.24, 2.45) is 0 Å². The molecule has 2 aromatic rings. The molecule has 0 aliphatic heterocycles. The van der Waals surface area contributed by atoms with Gasteiger partial charge in [-0.05, 0) is 32.0 Å². The third kappa shape index (κ3) is 2.16. The number of nitrogens with zero attached hydrogens (tertiary/aromatic N) is 2. The Hall–Kier alpha value is -1.68. The SMILES string of the molecule is Cc1nc(C(=O)CCl)c(C)n1-c1cccc(F)c1. The quantitative estimate of drug-likeness (QED) is 0.632. The van der Waals surface area contributed by atoms with Gasteiger partial charge in [0.25, 0.3) is 0 Å². The Bertz CT molecular complexity index is 607. The maximum Gasteiger partial charge on any atom is 0.197 e. The Kier molecular flexibility index (Phi) is 3.48. The summed E-state index contributed by atoms with van der Waals surface area (Å²) < 4.78 is 15.0. The van der Waals surface area contributed by atoms with Crippen LogP contribution in [0.1, 0.15) is 22.0 Å². The van der Waals surface area contributed by atoms with Crippen LogP contribution in [0.3, 0.4) is 0 Å². The molecule has 0 fully saturated rings. The fourth-order valence-electron chi connectivity index (χ4n) is 1.96. The zero-order chi connectivity index (χ0) is 13.3. The second-order valence-electron chi connectivity index (χ2n) is 3.97. The summed E-state index contributed by atoms with van der Waals surface area (Å²) in [6.07, 6.45) is 0. The van der Waals surface area contributed by atoms with Gasteiger partial charge in [-0.3, -0.25) is 4.79 Å². The first kappa shape index (κ1) is 12.8. The number of imidazole rings is 1. The number of carbonyl (C=O) groups excluding carboxylic acids is 1. The van der Waals surface area contributed by atoms with Crippen molar-refractivity contribution < 1.29 is 9.18 Å². The Morgan fingerprint density at radius 1 is 1.44 bits per heavy atom. The molecule has 0 amide bonds. The number of alkyl halides is 1. The number of aryl methyl sites for hydroxylation is 1. The Labute approximate surface area is 109 Å². The number of hydrogen-bond donors (Lipinski definition) is 0. The van der Waals surface area contributed by atoms with E-state index in [0.29, 0.717) is 22.9 Å². The van der Waals surface area contributed by atoms with Crippen molar-refractivity contribution in [1.29, 1.82) is 0 Å². The molecule has 18 heavy (non-hydrogen) atoms. The lowest BCUT2D eigenvalue weighted by Crippen LogP contribution is -2.05. The maximum atomic E-state index is 13.2. The van der Waals surface area contributed by atoms with Crippen LogP contribution >= 0.6 is 11.6 Å². The van der Waals surface area contributed by atoms with E-state index in [1.54, 1.807) is 30.5 Å². The number of benzene rings is 1. The summed E-state index contributed by atoms with van der Waals surface area (Å²) in [5.74, 6) is -0.0373. The zero-order valence-electron chi connectivity index (χ0n) is 10.1. The molecule has 0 saturated heterocycles. The van der Waals surface area contributed by atoms with E-state index >= 15 is 0 Å². The summed E-state index contributed by atoms with van der Waals surface area (Å²) in [5.41, 5.74) is 1.65. The minimum absolute atomic E-state index is 0.111. The predicted molar refractivity (Wildman–Crippen MR) is 68.0 cm³/mol. The molecular formula is C13H12ClFN2O. The van der Waals surface area contributed by atoms with Gasteiger partial charge in [-0.2, -0.15) is 0 Å². The lowest BCUT2D eigenvalue weighted by Gasteiger charge is -2.07. The molecule has 0 saturated carbocycles. The highest BCUT2D eigenvalue weighted by Crippen LogP contribution is 2.19. The second kappa shape index (κ2) is 4.90. The number of carbonyl (C=O) groups is 1. The molecule has 0 atom stereocenters. The van der Waals surface area contributed by atoms with E-state index in [2.05, 4.69) is 4.98 Å². The van der Waals surface area contributed by atoms with Crippen molar-refractivity contribution in [1.82, 2.24) is 9.55 Å². The van der Waals surface area contributed by atoms with Crippen molar-refractivity contribution in [2.75, 3.05) is 5.88 Å². The van der Waals surface area contributed by atoms with E-state index in [0.717, 1.165) is 0 Å². The number of aromatic nitrogens is 2. The number of rotatable bonds is 3. The molecule has 0 unspecified atom stereocenters. The second-order valence-corrected chi connectivity index (χ2v) is 4.23. The van der Waals surface area contributed by atoms with Crippen LogP contribution in [0.25, 0.3) is 5.69 Å². The average molecular weight is 267 g/mol. The lowest BCUT2D eigenvalue weighted by molar-refractivity contribution is 0.101. The molecule has 0 radical (unpaired) electrons. The Morgan fingerprint density at radius 3 is 2.78 bits per heavy atom. The normalized spacial score (nSPS) is 10.7. The topological polar surface area (TPSA) is 34.9 Å². The third-order valence-corrected chi connectivity index (χ3v) is 2.97. The molecule has 0 N–H and O–H groups in total. The van der Waals surface area contributed by atoms with Gasteiger partial charge < -0.3 is 4.57 Å². The third-order valence-electron chi connectivity index (χ3n) is 2.73. The van der Waals surface area contributed by atoms with Gasteiger partial charge in [0.15, 0.2) is 5.78 Å². The van der Waals surface area contributed by atoms with E-state index in [-0.39, 0.29) is 17.5 Å². The molecule has 1 aromatic carbocycles. The minimum atomic E-state index is -0.329. The fourth-order valence-corrected chi connectivity index (χ4v) is 2.09. The predicted octanol–water partition coefficient (Wildman–Crippen LogP) is 3.05. The van der Waals surface area contributed by atoms with E-state index in [1.165, 1.54) is 12.1 Å². The first-order valence-electron chi connectivity index (χ1n) is 5.45. The molecule has 1 heterocycles. The molecule has 0 bridgehead atoms. The fraction of sp³-hybridized carbons (Fsp3) is 0.231. The minimum Gasteiger partial charge on any atom is -0.300 e. The largest absolute Gasteiger partial charge is 0.300 e. The maximum absolute atomic E-state index is 13.2. The van der Waals surface area contributed by atoms with Crippen molar-refractivity contribution in [2.45, 2.75) is 13.8 Å². The van der Waals surface area contributed by atoms with Gasteiger partial charge >= 0.3 is 0 Å². The van der Waals surface area contributed by atoms with Gasteiger partial charge in [0.05, 0.1) is 11.6 Å². The average Bonchev–Trinajstić information content (AvgIpc) is 2.64. The van der Waals surface area contributed by atoms with Crippen LogP contribution in [-0.4, -0.2) is 21.2 Å². The summed E-state index contributed by atoms with van der Waals surface area (Å²) >= 11 is 5.53. The van der Waals surface area contributed by atoms with Crippen LogP contribution in [-0.2, 0) is 0 Å². The molecule has 94 valence electrons. The van der Waals surface area contributed by atoms with Gasteiger partial charge in [0, 0.05) is 5.69 Å². The van der Waals surface area contributed by atoms with Crippen molar-refractivity contribution in [3.05, 3.63) is 47.3 Å². The van der Waals surface area contributed by atoms with E-state index < -0.39 is 0 Å².